The molecule has 3 aromatic rings. The Balaban J connectivity index is 1.35. The third-order valence-corrected chi connectivity index (χ3v) is 4.38. The number of carbonyl (C=O) groups excluding carboxylic acids is 2. The molecule has 8 heteroatoms. The highest BCUT2D eigenvalue weighted by Gasteiger charge is 2.14. The first-order chi connectivity index (χ1) is 14.6. The number of esters is 1. The van der Waals surface area contributed by atoms with Crippen LogP contribution in [-0.2, 0) is 16.0 Å². The number of nitrogens with one attached hydrogen (secondary N) is 1. The fourth-order valence-corrected chi connectivity index (χ4v) is 2.94. The van der Waals surface area contributed by atoms with Crippen molar-refractivity contribution in [2.75, 3.05) is 13.9 Å². The molecule has 1 aromatic heterocycles. The summed E-state index contributed by atoms with van der Waals surface area (Å²) in [5, 5.41) is 3.93. The van der Waals surface area contributed by atoms with Gasteiger partial charge in [0, 0.05) is 5.56 Å². The minimum atomic E-state index is -0.421. The fraction of sp³-hybridized carbons (Fsp3) is 0.136. The summed E-state index contributed by atoms with van der Waals surface area (Å²) < 4.78 is 21.0. The molecule has 1 N–H and O–H groups in total. The van der Waals surface area contributed by atoms with Crippen molar-refractivity contribution in [1.29, 1.82) is 0 Å². The van der Waals surface area contributed by atoms with Gasteiger partial charge in [0.2, 0.25) is 12.7 Å². The van der Waals surface area contributed by atoms with E-state index in [1.807, 2.05) is 6.07 Å². The van der Waals surface area contributed by atoms with Crippen molar-refractivity contribution < 1.29 is 28.2 Å². The molecule has 0 spiro atoms. The molecule has 0 saturated carbocycles. The number of carbonyl (C=O) groups is 2. The molecule has 0 bridgehead atoms. The molecule has 0 atom stereocenters. The summed E-state index contributed by atoms with van der Waals surface area (Å²) in [5.41, 5.74) is 4.41. The van der Waals surface area contributed by atoms with Gasteiger partial charge in [-0.05, 0) is 42.0 Å². The van der Waals surface area contributed by atoms with Crippen LogP contribution in [0.3, 0.4) is 0 Å². The van der Waals surface area contributed by atoms with Crippen molar-refractivity contribution in [3.8, 4) is 22.8 Å². The summed E-state index contributed by atoms with van der Waals surface area (Å²) >= 11 is 0. The highest BCUT2D eigenvalue weighted by atomic mass is 16.7. The second kappa shape index (κ2) is 8.52. The van der Waals surface area contributed by atoms with Crippen LogP contribution in [0.5, 0.6) is 11.5 Å². The van der Waals surface area contributed by atoms with Gasteiger partial charge < -0.3 is 18.6 Å². The molecule has 152 valence electrons. The second-order valence-corrected chi connectivity index (χ2v) is 6.43. The Bertz CT molecular complexity index is 1120. The Morgan fingerprint density at radius 1 is 1.10 bits per heavy atom. The summed E-state index contributed by atoms with van der Waals surface area (Å²) in [6, 6.07) is 15.7. The van der Waals surface area contributed by atoms with Gasteiger partial charge in [0.15, 0.2) is 11.5 Å². The third-order valence-electron chi connectivity index (χ3n) is 4.38. The lowest BCUT2D eigenvalue weighted by Gasteiger charge is -2.02. The summed E-state index contributed by atoms with van der Waals surface area (Å²) in [6.07, 6.45) is 1.56. The molecule has 0 saturated heterocycles. The minimum Gasteiger partial charge on any atom is -0.465 e. The Hall–Kier alpha value is -4.07. The highest BCUT2D eigenvalue weighted by molar-refractivity contribution is 5.90. The van der Waals surface area contributed by atoms with Crippen LogP contribution in [-0.4, -0.2) is 32.0 Å². The molecular formula is C22H18N2O6. The number of ether oxygens (including phenoxy) is 3. The van der Waals surface area contributed by atoms with E-state index in [9.17, 15) is 9.59 Å². The predicted molar refractivity (Wildman–Crippen MR) is 107 cm³/mol. The van der Waals surface area contributed by atoms with Gasteiger partial charge in [0.1, 0.15) is 11.5 Å². The van der Waals surface area contributed by atoms with Gasteiger partial charge in [-0.1, -0.05) is 18.2 Å². The van der Waals surface area contributed by atoms with Gasteiger partial charge in [-0.2, -0.15) is 5.10 Å². The van der Waals surface area contributed by atoms with Crippen molar-refractivity contribution in [3.05, 3.63) is 71.5 Å². The lowest BCUT2D eigenvalue weighted by Crippen LogP contribution is -2.19. The molecule has 2 aromatic carbocycles. The highest BCUT2D eigenvalue weighted by Crippen LogP contribution is 2.32. The lowest BCUT2D eigenvalue weighted by atomic mass is 10.1. The zero-order valence-electron chi connectivity index (χ0n) is 16.1. The van der Waals surface area contributed by atoms with Crippen LogP contribution in [0.25, 0.3) is 11.3 Å². The van der Waals surface area contributed by atoms with Crippen LogP contribution in [0.4, 0.5) is 0 Å². The molecule has 2 heterocycles. The number of benzene rings is 2. The maximum atomic E-state index is 12.1. The number of nitrogens with zero attached hydrogens (tertiary/aromatic N) is 1. The topological polar surface area (TPSA) is 99.4 Å². The number of hydrazone groups is 1. The number of fused-ring (bicyclic) bond motifs is 1. The van der Waals surface area contributed by atoms with Crippen molar-refractivity contribution in [1.82, 2.24) is 5.43 Å². The fourth-order valence-electron chi connectivity index (χ4n) is 2.94. The van der Waals surface area contributed by atoms with E-state index in [1.165, 1.54) is 13.3 Å². The Labute approximate surface area is 172 Å². The predicted octanol–water partition coefficient (Wildman–Crippen LogP) is 3.15. The van der Waals surface area contributed by atoms with Crippen molar-refractivity contribution in [2.45, 2.75) is 6.42 Å². The van der Waals surface area contributed by atoms with E-state index in [0.29, 0.717) is 28.6 Å². The molecule has 4 rings (SSSR count). The number of rotatable bonds is 6. The van der Waals surface area contributed by atoms with E-state index in [-0.39, 0.29) is 19.1 Å². The van der Waals surface area contributed by atoms with Gasteiger partial charge in [-0.3, -0.25) is 4.79 Å². The van der Waals surface area contributed by atoms with E-state index in [2.05, 4.69) is 10.5 Å². The smallest absolute Gasteiger partial charge is 0.337 e. The third kappa shape index (κ3) is 4.33. The summed E-state index contributed by atoms with van der Waals surface area (Å²) in [7, 11) is 1.33. The SMILES string of the molecule is COC(=O)c1cccc(-c2ccc(/C=N\NC(=O)Cc3ccc4c(c3)OCO4)o2)c1. The monoisotopic (exact) mass is 406 g/mol. The Kier molecular flexibility index (Phi) is 5.47. The molecule has 0 unspecified atom stereocenters. The van der Waals surface area contributed by atoms with Gasteiger partial charge in [0.25, 0.3) is 0 Å². The lowest BCUT2D eigenvalue weighted by molar-refractivity contribution is -0.120. The zero-order valence-corrected chi connectivity index (χ0v) is 16.1. The molecule has 30 heavy (non-hydrogen) atoms. The number of hydrogen-bond acceptors (Lipinski definition) is 7. The van der Waals surface area contributed by atoms with Crippen molar-refractivity contribution in [3.63, 3.8) is 0 Å². The van der Waals surface area contributed by atoms with Crippen molar-refractivity contribution >= 4 is 18.1 Å². The van der Waals surface area contributed by atoms with Crippen LogP contribution >= 0.6 is 0 Å². The van der Waals surface area contributed by atoms with Crippen LogP contribution in [0.1, 0.15) is 21.7 Å². The number of methoxy groups -OCH3 is 1. The van der Waals surface area contributed by atoms with E-state index >= 15 is 0 Å². The van der Waals surface area contributed by atoms with E-state index in [0.717, 1.165) is 11.1 Å². The second-order valence-electron chi connectivity index (χ2n) is 6.43. The average Bonchev–Trinajstić information content (AvgIpc) is 3.42. The van der Waals surface area contributed by atoms with E-state index in [1.54, 1.807) is 48.5 Å². The Morgan fingerprint density at radius 2 is 1.97 bits per heavy atom. The molecule has 1 aliphatic rings. The van der Waals surface area contributed by atoms with Gasteiger partial charge in [-0.15, -0.1) is 0 Å². The number of furan rings is 1. The van der Waals surface area contributed by atoms with Gasteiger partial charge in [-0.25, -0.2) is 10.2 Å². The normalized spacial score (nSPS) is 12.2. The molecule has 8 nitrogen and oxygen atoms in total. The summed E-state index contributed by atoms with van der Waals surface area (Å²) in [4.78, 5) is 23.8. The Morgan fingerprint density at radius 3 is 2.83 bits per heavy atom. The quantitative estimate of drug-likeness (QED) is 0.384. The summed E-state index contributed by atoms with van der Waals surface area (Å²) in [5.74, 6) is 1.62. The molecule has 0 fully saturated rings. The zero-order chi connectivity index (χ0) is 20.9. The minimum absolute atomic E-state index is 0.151. The van der Waals surface area contributed by atoms with Crippen LogP contribution < -0.4 is 14.9 Å². The van der Waals surface area contributed by atoms with E-state index in [4.69, 9.17) is 18.6 Å². The van der Waals surface area contributed by atoms with Crippen LogP contribution in [0.2, 0.25) is 0 Å². The van der Waals surface area contributed by atoms with Crippen LogP contribution in [0, 0.1) is 0 Å². The van der Waals surface area contributed by atoms with Gasteiger partial charge >= 0.3 is 5.97 Å². The standard InChI is InChI=1S/C22H18N2O6/c1-27-22(26)16-4-2-3-15(11-16)18-8-6-17(30-18)12-23-24-21(25)10-14-5-7-19-20(9-14)29-13-28-19/h2-9,11-12H,10,13H2,1H3,(H,24,25)/b23-12-. The van der Waals surface area contributed by atoms with E-state index < -0.39 is 5.97 Å². The number of hydrogen-bond donors (Lipinski definition) is 1. The first-order valence-electron chi connectivity index (χ1n) is 9.11. The molecular weight excluding hydrogens is 388 g/mol. The first kappa shape index (κ1) is 19.3. The van der Waals surface area contributed by atoms with Crippen LogP contribution in [0.15, 0.2) is 64.1 Å². The molecule has 0 radical (unpaired) electrons. The van der Waals surface area contributed by atoms with Gasteiger partial charge in [0.05, 0.1) is 25.3 Å². The largest absolute Gasteiger partial charge is 0.465 e. The first-order valence-corrected chi connectivity index (χ1v) is 9.11. The maximum absolute atomic E-state index is 12.1. The molecule has 0 aliphatic carbocycles. The summed E-state index contributed by atoms with van der Waals surface area (Å²) in [6.45, 7) is 0.188. The number of amides is 1. The van der Waals surface area contributed by atoms with Crippen molar-refractivity contribution in [2.24, 2.45) is 5.10 Å². The molecule has 1 aliphatic heterocycles. The maximum Gasteiger partial charge on any atom is 0.337 e. The molecule has 1 amide bonds. The average molecular weight is 406 g/mol.